The maximum absolute atomic E-state index is 12.4. The Bertz CT molecular complexity index is 900. The summed E-state index contributed by atoms with van der Waals surface area (Å²) in [4.78, 5) is 51.3. The summed E-state index contributed by atoms with van der Waals surface area (Å²) < 4.78 is 0. The minimum absolute atomic E-state index is 0.00144. The molecule has 11 nitrogen and oxygen atoms in total. The van der Waals surface area contributed by atoms with Crippen LogP contribution >= 0.6 is 34.7 Å². The molecule has 0 radical (unpaired) electrons. The van der Waals surface area contributed by atoms with Crippen LogP contribution in [-0.4, -0.2) is 67.3 Å². The largest absolute Gasteiger partial charge is 0.477 e. The number of thioether (sulfide) groups is 1. The van der Waals surface area contributed by atoms with Gasteiger partial charge in [-0.1, -0.05) is 16.8 Å². The van der Waals surface area contributed by atoms with Gasteiger partial charge in [-0.05, 0) is 0 Å². The summed E-state index contributed by atoms with van der Waals surface area (Å²) in [5.74, 6) is -2.68. The molecule has 1 fully saturated rings. The molecule has 2 aliphatic heterocycles. The molecule has 0 spiro atoms. The van der Waals surface area contributed by atoms with E-state index in [-0.39, 0.29) is 27.3 Å². The van der Waals surface area contributed by atoms with Gasteiger partial charge in [0.15, 0.2) is 10.8 Å². The molecule has 1 unspecified atom stereocenters. The van der Waals surface area contributed by atoms with Crippen LogP contribution < -0.4 is 10.6 Å². The van der Waals surface area contributed by atoms with E-state index in [1.807, 2.05) is 0 Å². The second-order valence-corrected chi connectivity index (χ2v) is 7.59. The van der Waals surface area contributed by atoms with Crippen LogP contribution in [0.4, 0.5) is 5.13 Å². The number of halogens is 1. The highest BCUT2D eigenvalue weighted by atomic mass is 35.5. The lowest BCUT2D eigenvalue weighted by atomic mass is 10.0. The fraction of sp³-hybridized carbons (Fsp3) is 0.231. The Balaban J connectivity index is 1.74. The second kappa shape index (κ2) is 7.54. The van der Waals surface area contributed by atoms with Crippen molar-refractivity contribution in [2.75, 3.05) is 11.1 Å². The summed E-state index contributed by atoms with van der Waals surface area (Å²) in [6, 6.07) is -1.01. The van der Waals surface area contributed by atoms with Crippen LogP contribution in [0, 0.1) is 0 Å². The minimum atomic E-state index is -1.33. The van der Waals surface area contributed by atoms with Crippen molar-refractivity contribution in [3.8, 4) is 0 Å². The third-order valence-corrected chi connectivity index (χ3v) is 6.18. The molecule has 3 rings (SSSR count). The molecular formula is C13H10ClN5O6S2. The Kier molecular flexibility index (Phi) is 5.34. The highest BCUT2D eigenvalue weighted by Crippen LogP contribution is 2.41. The molecule has 1 aromatic rings. The highest BCUT2D eigenvalue weighted by molar-refractivity contribution is 8.00. The fourth-order valence-electron chi connectivity index (χ4n) is 2.50. The van der Waals surface area contributed by atoms with Crippen LogP contribution in [0.15, 0.2) is 21.3 Å². The first-order valence-electron chi connectivity index (χ1n) is 7.14. The number of carboxylic acid groups (broad SMARTS) is 1. The van der Waals surface area contributed by atoms with Gasteiger partial charge in [-0.15, -0.1) is 23.1 Å². The number of hydrogen-bond acceptors (Lipinski definition) is 9. The maximum Gasteiger partial charge on any atom is 0.353 e. The quantitative estimate of drug-likeness (QED) is 0.158. The molecule has 0 saturated carbocycles. The number of thiazole rings is 1. The van der Waals surface area contributed by atoms with Gasteiger partial charge >= 0.3 is 5.97 Å². The number of oxime groups is 1. The number of carbonyl (C=O) groups is 4. The second-order valence-electron chi connectivity index (χ2n) is 5.17. The zero-order valence-corrected chi connectivity index (χ0v) is 15.5. The van der Waals surface area contributed by atoms with Crippen molar-refractivity contribution in [1.29, 1.82) is 0 Å². The minimum Gasteiger partial charge on any atom is -0.477 e. The predicted octanol–water partition coefficient (Wildman–Crippen LogP) is -0.175. The number of carboxylic acids is 1. The first kappa shape index (κ1) is 19.1. The lowest BCUT2D eigenvalue weighted by Gasteiger charge is -2.48. The van der Waals surface area contributed by atoms with E-state index in [1.54, 1.807) is 0 Å². The molecule has 0 aromatic carbocycles. The number of hydrogen-bond donors (Lipinski definition) is 4. The van der Waals surface area contributed by atoms with E-state index < -0.39 is 34.9 Å². The molecule has 14 heteroatoms. The van der Waals surface area contributed by atoms with E-state index in [0.29, 0.717) is 6.41 Å². The van der Waals surface area contributed by atoms with E-state index in [4.69, 9.17) is 16.8 Å². The SMILES string of the molecule is O=CNc1nc(C(=NO)C(=O)NC2C(=O)N3C(C(=O)O)=C(Cl)CS[C@@H]23)cs1. The molecule has 27 heavy (non-hydrogen) atoms. The van der Waals surface area contributed by atoms with Crippen molar-refractivity contribution in [2.45, 2.75) is 11.4 Å². The van der Waals surface area contributed by atoms with E-state index in [1.165, 1.54) is 17.1 Å². The lowest BCUT2D eigenvalue weighted by molar-refractivity contribution is -0.150. The maximum atomic E-state index is 12.4. The zero-order valence-electron chi connectivity index (χ0n) is 13.1. The van der Waals surface area contributed by atoms with Gasteiger partial charge in [0.1, 0.15) is 22.8 Å². The predicted molar refractivity (Wildman–Crippen MR) is 95.7 cm³/mol. The first-order chi connectivity index (χ1) is 12.9. The van der Waals surface area contributed by atoms with Crippen molar-refractivity contribution < 1.29 is 29.5 Å². The number of anilines is 1. The van der Waals surface area contributed by atoms with Gasteiger partial charge in [-0.3, -0.25) is 19.3 Å². The van der Waals surface area contributed by atoms with Gasteiger partial charge in [0.05, 0.1) is 5.03 Å². The summed E-state index contributed by atoms with van der Waals surface area (Å²) in [5.41, 5.74) is -0.765. The van der Waals surface area contributed by atoms with Crippen LogP contribution in [0.25, 0.3) is 0 Å². The highest BCUT2D eigenvalue weighted by Gasteiger charge is 2.54. The third-order valence-electron chi connectivity index (χ3n) is 3.66. The number of amides is 3. The third kappa shape index (κ3) is 3.36. The molecule has 3 heterocycles. The van der Waals surface area contributed by atoms with E-state index in [2.05, 4.69) is 20.8 Å². The molecule has 2 aliphatic rings. The van der Waals surface area contributed by atoms with Crippen LogP contribution in [-0.2, 0) is 19.2 Å². The van der Waals surface area contributed by atoms with Gasteiger partial charge in [-0.2, -0.15) is 0 Å². The van der Waals surface area contributed by atoms with Crippen molar-refractivity contribution >= 4 is 69.7 Å². The lowest BCUT2D eigenvalue weighted by Crippen LogP contribution is -2.70. The van der Waals surface area contributed by atoms with Crippen LogP contribution in [0.2, 0.25) is 0 Å². The number of rotatable bonds is 6. The number of nitrogens with zero attached hydrogens (tertiary/aromatic N) is 3. The van der Waals surface area contributed by atoms with Crippen molar-refractivity contribution in [2.24, 2.45) is 5.16 Å². The van der Waals surface area contributed by atoms with E-state index in [9.17, 15) is 24.3 Å². The molecular weight excluding hydrogens is 422 g/mol. The molecule has 3 amide bonds. The number of aromatic nitrogens is 1. The number of fused-ring (bicyclic) bond motifs is 1. The van der Waals surface area contributed by atoms with Gasteiger partial charge in [0.2, 0.25) is 6.41 Å². The molecule has 1 saturated heterocycles. The molecule has 0 bridgehead atoms. The molecule has 142 valence electrons. The van der Waals surface area contributed by atoms with Crippen LogP contribution in [0.1, 0.15) is 5.69 Å². The molecule has 0 aliphatic carbocycles. The monoisotopic (exact) mass is 431 g/mol. The van der Waals surface area contributed by atoms with Crippen molar-refractivity contribution in [3.05, 3.63) is 21.8 Å². The number of aliphatic carboxylic acids is 1. The molecule has 4 N–H and O–H groups in total. The van der Waals surface area contributed by atoms with Crippen LogP contribution in [0.5, 0.6) is 0 Å². The Morgan fingerprint density at radius 1 is 1.48 bits per heavy atom. The van der Waals surface area contributed by atoms with E-state index >= 15 is 0 Å². The number of carbonyl (C=O) groups excluding carboxylic acids is 3. The Morgan fingerprint density at radius 2 is 2.22 bits per heavy atom. The average Bonchev–Trinajstić information content (AvgIpc) is 3.08. The number of nitrogens with one attached hydrogen (secondary N) is 2. The topological polar surface area (TPSA) is 161 Å². The van der Waals surface area contributed by atoms with E-state index in [0.717, 1.165) is 16.2 Å². The van der Waals surface area contributed by atoms with Crippen molar-refractivity contribution in [1.82, 2.24) is 15.2 Å². The summed E-state index contributed by atoms with van der Waals surface area (Å²) in [7, 11) is 0. The Morgan fingerprint density at radius 3 is 2.85 bits per heavy atom. The smallest absolute Gasteiger partial charge is 0.353 e. The van der Waals surface area contributed by atoms with Crippen LogP contribution in [0.3, 0.4) is 0 Å². The normalized spacial score (nSPS) is 22.0. The number of β-lactam (4-membered cyclic amide) rings is 1. The molecule has 1 aromatic heterocycles. The van der Waals surface area contributed by atoms with Gasteiger partial charge < -0.3 is 20.9 Å². The average molecular weight is 432 g/mol. The zero-order chi connectivity index (χ0) is 19.7. The Hall–Kier alpha value is -2.64. The first-order valence-corrected chi connectivity index (χ1v) is 9.45. The molecule has 2 atom stereocenters. The summed E-state index contributed by atoms with van der Waals surface area (Å²) in [6.45, 7) is 0. The fourth-order valence-corrected chi connectivity index (χ4v) is 4.71. The summed E-state index contributed by atoms with van der Waals surface area (Å²) in [6.07, 6.45) is 0.402. The van der Waals surface area contributed by atoms with Gasteiger partial charge in [-0.25, -0.2) is 9.78 Å². The standard InChI is InChI=1S/C13H10ClN5O6S2/c14-4-1-26-11-7(10(22)19(11)8(4)12(23)24)17-9(21)6(18-25)5-2-27-13(16-5)15-3-20/h2-3,7,11,25H,1H2,(H,17,21)(H,23,24)(H,15,16,20)/t7?,11-/m0/s1. The summed E-state index contributed by atoms with van der Waals surface area (Å²) >= 11 is 8.08. The van der Waals surface area contributed by atoms with Crippen molar-refractivity contribution in [3.63, 3.8) is 0 Å². The van der Waals surface area contributed by atoms with Gasteiger partial charge in [0, 0.05) is 11.1 Å². The van der Waals surface area contributed by atoms with Gasteiger partial charge in [0.25, 0.3) is 11.8 Å². The Labute approximate surface area is 164 Å². The summed E-state index contributed by atoms with van der Waals surface area (Å²) in [5, 5.41) is 26.9.